The van der Waals surface area contributed by atoms with Gasteiger partial charge in [-0.1, -0.05) is 6.58 Å². The molecule has 0 aliphatic carbocycles. The third-order valence-corrected chi connectivity index (χ3v) is 3.07. The maximum atomic E-state index is 12.0. The molecule has 0 atom stereocenters. The molecule has 2 amide bonds. The van der Waals surface area contributed by atoms with E-state index in [1.165, 1.54) is 0 Å². The minimum absolute atomic E-state index is 0.0897. The molecule has 1 heterocycles. The Balaban J connectivity index is 2.28. The number of amides is 2. The van der Waals surface area contributed by atoms with Crippen molar-refractivity contribution in [2.24, 2.45) is 4.99 Å². The number of urea groups is 1. The van der Waals surface area contributed by atoms with E-state index in [0.717, 1.165) is 4.90 Å². The molecule has 1 aliphatic rings. The van der Waals surface area contributed by atoms with E-state index < -0.39 is 6.03 Å². The van der Waals surface area contributed by atoms with Crippen LogP contribution in [0.2, 0.25) is 0 Å². The molecule has 17 heavy (non-hydrogen) atoms. The van der Waals surface area contributed by atoms with E-state index in [2.05, 4.69) is 16.9 Å². The van der Waals surface area contributed by atoms with Crippen molar-refractivity contribution in [3.8, 4) is 0 Å². The molecule has 86 valence electrons. The van der Waals surface area contributed by atoms with Crippen molar-refractivity contribution in [3.63, 3.8) is 0 Å². The summed E-state index contributed by atoms with van der Waals surface area (Å²) in [6, 6.07) is 6.59. The number of carbonyl (C=O) groups is 2. The first-order valence-electron chi connectivity index (χ1n) is 4.89. The number of Topliss-reactive ketones (excluding diaryl/α,β-unsaturated/α-hetero) is 1. The SMILES string of the molecule is C=C1NC(=O)N=C1C(=O)c1ccc(SC)cc1. The van der Waals surface area contributed by atoms with Crippen molar-refractivity contribution in [1.29, 1.82) is 0 Å². The summed E-state index contributed by atoms with van der Waals surface area (Å²) >= 11 is 1.60. The van der Waals surface area contributed by atoms with Crippen molar-refractivity contribution in [2.45, 2.75) is 4.90 Å². The molecule has 2 rings (SSSR count). The highest BCUT2D eigenvalue weighted by molar-refractivity contribution is 7.98. The first kappa shape index (κ1) is 11.6. The summed E-state index contributed by atoms with van der Waals surface area (Å²) < 4.78 is 0. The lowest BCUT2D eigenvalue weighted by Crippen LogP contribution is -2.19. The Morgan fingerprint density at radius 3 is 2.47 bits per heavy atom. The Labute approximate surface area is 103 Å². The molecule has 0 unspecified atom stereocenters. The molecule has 0 saturated heterocycles. The first-order valence-corrected chi connectivity index (χ1v) is 6.12. The van der Waals surface area contributed by atoms with E-state index in [0.29, 0.717) is 5.56 Å². The number of rotatable bonds is 3. The highest BCUT2D eigenvalue weighted by Crippen LogP contribution is 2.16. The molecular weight excluding hydrogens is 236 g/mol. The van der Waals surface area contributed by atoms with Gasteiger partial charge in [0.1, 0.15) is 5.71 Å². The van der Waals surface area contributed by atoms with Gasteiger partial charge in [-0.25, -0.2) is 4.79 Å². The number of hydrogen-bond donors (Lipinski definition) is 1. The minimum atomic E-state index is -0.543. The maximum Gasteiger partial charge on any atom is 0.346 e. The Hall–Kier alpha value is -1.88. The van der Waals surface area contributed by atoms with E-state index in [-0.39, 0.29) is 17.2 Å². The van der Waals surface area contributed by atoms with Gasteiger partial charge in [0.25, 0.3) is 0 Å². The number of nitrogens with zero attached hydrogens (tertiary/aromatic N) is 1. The number of benzene rings is 1. The van der Waals surface area contributed by atoms with Crippen molar-refractivity contribution in [1.82, 2.24) is 5.32 Å². The summed E-state index contributed by atoms with van der Waals surface area (Å²) in [4.78, 5) is 27.7. The van der Waals surface area contributed by atoms with Crippen molar-refractivity contribution in [2.75, 3.05) is 6.26 Å². The van der Waals surface area contributed by atoms with Crippen LogP contribution in [0.3, 0.4) is 0 Å². The molecule has 0 radical (unpaired) electrons. The van der Waals surface area contributed by atoms with Gasteiger partial charge >= 0.3 is 6.03 Å². The normalized spacial score (nSPS) is 14.5. The number of nitrogens with one attached hydrogen (secondary N) is 1. The number of carbonyl (C=O) groups excluding carboxylic acids is 2. The third kappa shape index (κ3) is 2.29. The van der Waals surface area contributed by atoms with Crippen molar-refractivity contribution >= 4 is 29.3 Å². The number of hydrogen-bond acceptors (Lipinski definition) is 3. The molecule has 1 N–H and O–H groups in total. The van der Waals surface area contributed by atoms with Crippen LogP contribution in [-0.4, -0.2) is 23.8 Å². The fourth-order valence-electron chi connectivity index (χ4n) is 1.45. The maximum absolute atomic E-state index is 12.0. The topological polar surface area (TPSA) is 58.5 Å². The van der Waals surface area contributed by atoms with Gasteiger partial charge in [0, 0.05) is 10.5 Å². The summed E-state index contributed by atoms with van der Waals surface area (Å²) in [7, 11) is 0. The molecule has 0 spiro atoms. The summed E-state index contributed by atoms with van der Waals surface area (Å²) in [5.74, 6) is -0.291. The zero-order valence-corrected chi connectivity index (χ0v) is 10.0. The molecule has 1 aliphatic heterocycles. The average Bonchev–Trinajstić information content (AvgIpc) is 2.68. The van der Waals surface area contributed by atoms with Crippen LogP contribution in [0.25, 0.3) is 0 Å². The lowest BCUT2D eigenvalue weighted by molar-refractivity contribution is 0.106. The lowest BCUT2D eigenvalue weighted by atomic mass is 10.1. The zero-order valence-electron chi connectivity index (χ0n) is 9.19. The fraction of sp³-hybridized carbons (Fsp3) is 0.0833. The van der Waals surface area contributed by atoms with Crippen LogP contribution >= 0.6 is 11.8 Å². The van der Waals surface area contributed by atoms with Crippen LogP contribution in [-0.2, 0) is 0 Å². The van der Waals surface area contributed by atoms with Crippen LogP contribution in [0.4, 0.5) is 4.79 Å². The Morgan fingerprint density at radius 1 is 1.35 bits per heavy atom. The Bertz CT molecular complexity index is 532. The molecule has 0 aromatic heterocycles. The number of ketones is 1. The summed E-state index contributed by atoms with van der Waals surface area (Å²) in [6.07, 6.45) is 1.96. The predicted octanol–water partition coefficient (Wildman–Crippen LogP) is 2.27. The van der Waals surface area contributed by atoms with Gasteiger partial charge in [0.05, 0.1) is 5.70 Å². The van der Waals surface area contributed by atoms with Crippen molar-refractivity contribution in [3.05, 3.63) is 42.1 Å². The summed E-state index contributed by atoms with van der Waals surface area (Å²) in [6.45, 7) is 3.58. The zero-order chi connectivity index (χ0) is 12.4. The van der Waals surface area contributed by atoms with Crippen LogP contribution < -0.4 is 5.32 Å². The minimum Gasteiger partial charge on any atom is -0.304 e. The first-order chi connectivity index (χ1) is 8.11. The van der Waals surface area contributed by atoms with Gasteiger partial charge in [-0.3, -0.25) is 4.79 Å². The number of thioether (sulfide) groups is 1. The predicted molar refractivity (Wildman–Crippen MR) is 67.7 cm³/mol. The fourth-order valence-corrected chi connectivity index (χ4v) is 1.86. The van der Waals surface area contributed by atoms with Crippen LogP contribution in [0, 0.1) is 0 Å². The lowest BCUT2D eigenvalue weighted by Gasteiger charge is -2.02. The third-order valence-electron chi connectivity index (χ3n) is 2.32. The van der Waals surface area contributed by atoms with Crippen LogP contribution in [0.5, 0.6) is 0 Å². The Morgan fingerprint density at radius 2 is 2.00 bits per heavy atom. The molecule has 0 saturated carbocycles. The highest BCUT2D eigenvalue weighted by atomic mass is 32.2. The van der Waals surface area contributed by atoms with Crippen LogP contribution in [0.1, 0.15) is 10.4 Å². The molecule has 4 nitrogen and oxygen atoms in total. The molecule has 5 heteroatoms. The smallest absolute Gasteiger partial charge is 0.304 e. The quantitative estimate of drug-likeness (QED) is 0.657. The second-order valence-electron chi connectivity index (χ2n) is 3.43. The largest absolute Gasteiger partial charge is 0.346 e. The summed E-state index contributed by atoms with van der Waals surface area (Å²) in [5.41, 5.74) is 0.847. The van der Waals surface area contributed by atoms with E-state index >= 15 is 0 Å². The monoisotopic (exact) mass is 246 g/mol. The van der Waals surface area contributed by atoms with Gasteiger partial charge < -0.3 is 5.32 Å². The van der Waals surface area contributed by atoms with Gasteiger partial charge in [-0.2, -0.15) is 4.99 Å². The van der Waals surface area contributed by atoms with E-state index in [9.17, 15) is 9.59 Å². The van der Waals surface area contributed by atoms with Gasteiger partial charge in [-0.15, -0.1) is 11.8 Å². The second-order valence-corrected chi connectivity index (χ2v) is 4.31. The molecule has 0 bridgehead atoms. The van der Waals surface area contributed by atoms with Crippen molar-refractivity contribution < 1.29 is 9.59 Å². The molecule has 1 aromatic rings. The highest BCUT2D eigenvalue weighted by Gasteiger charge is 2.24. The summed E-state index contributed by atoms with van der Waals surface area (Å²) in [5, 5.41) is 2.38. The number of aliphatic imine (C=N–C) groups is 1. The van der Waals surface area contributed by atoms with E-state index in [1.54, 1.807) is 23.9 Å². The molecular formula is C12H10N2O2S. The Kier molecular flexibility index (Phi) is 3.10. The van der Waals surface area contributed by atoms with Crippen LogP contribution in [0.15, 0.2) is 46.4 Å². The average molecular weight is 246 g/mol. The number of allylic oxidation sites excluding steroid dienone is 1. The van der Waals surface area contributed by atoms with Gasteiger partial charge in [-0.05, 0) is 30.5 Å². The standard InChI is InChI=1S/C12H10N2O2S/c1-7-10(14-12(16)13-7)11(15)8-3-5-9(17-2)6-4-8/h3-6H,1H2,2H3,(H,13,16). The second kappa shape index (κ2) is 4.55. The van der Waals surface area contributed by atoms with Gasteiger partial charge in [0.2, 0.25) is 5.78 Å². The molecule has 1 aromatic carbocycles. The van der Waals surface area contributed by atoms with E-state index in [4.69, 9.17) is 0 Å². The van der Waals surface area contributed by atoms with E-state index in [1.807, 2.05) is 18.4 Å². The van der Waals surface area contributed by atoms with Gasteiger partial charge in [0.15, 0.2) is 0 Å². The molecule has 0 fully saturated rings.